The van der Waals surface area contributed by atoms with Gasteiger partial charge in [-0.1, -0.05) is 60.7 Å². The normalized spacial score (nSPS) is 12.5. The number of Topliss-reactive ketones (excluding diaryl/α,β-unsaturated/α-hetero) is 1. The Kier molecular flexibility index (Phi) is 7.76. The molecule has 0 saturated carbocycles. The third kappa shape index (κ3) is 7.92. The van der Waals surface area contributed by atoms with Crippen molar-refractivity contribution in [2.75, 3.05) is 13.6 Å². The number of carbonyl (C=O) groups excluding carboxylic acids is 2. The zero-order valence-electron chi connectivity index (χ0n) is 17.1. The second kappa shape index (κ2) is 10.0. The minimum atomic E-state index is -0.643. The Hall–Kier alpha value is -2.66. The van der Waals surface area contributed by atoms with Gasteiger partial charge in [0.15, 0.2) is 5.78 Å². The van der Waals surface area contributed by atoms with E-state index in [1.54, 1.807) is 20.8 Å². The van der Waals surface area contributed by atoms with E-state index in [0.717, 1.165) is 11.1 Å². The first-order chi connectivity index (χ1) is 13.2. The monoisotopic (exact) mass is 382 g/mol. The number of carbonyl (C=O) groups is 2. The summed E-state index contributed by atoms with van der Waals surface area (Å²) >= 11 is 0. The van der Waals surface area contributed by atoms with Crippen molar-refractivity contribution in [2.45, 2.75) is 45.4 Å². The standard InChI is InChI=1S/C23H30N2O3/c1-23(2,3)28-22(27)24-20(15-18-11-7-5-8-12-18)21(26)17-25(4)16-19-13-9-6-10-14-19/h5-14,20H,15-17H2,1-4H3,(H,24,27)/t20-/m0/s1. The molecular formula is C23H30N2O3. The number of benzene rings is 2. The molecule has 0 heterocycles. The third-order valence-corrected chi connectivity index (χ3v) is 4.08. The lowest BCUT2D eigenvalue weighted by Gasteiger charge is -2.25. The molecule has 0 saturated heterocycles. The summed E-state index contributed by atoms with van der Waals surface area (Å²) in [5.74, 6) is -0.0480. The number of hydrogen-bond donors (Lipinski definition) is 1. The first-order valence-electron chi connectivity index (χ1n) is 9.51. The van der Waals surface area contributed by atoms with Gasteiger partial charge in [0.2, 0.25) is 0 Å². The number of nitrogens with one attached hydrogen (secondary N) is 1. The van der Waals surface area contributed by atoms with Crippen LogP contribution in [-0.2, 0) is 22.5 Å². The number of nitrogens with zero attached hydrogens (tertiary/aromatic N) is 1. The fourth-order valence-corrected chi connectivity index (χ4v) is 2.87. The van der Waals surface area contributed by atoms with Gasteiger partial charge in [0.25, 0.3) is 0 Å². The van der Waals surface area contributed by atoms with E-state index in [9.17, 15) is 9.59 Å². The Bertz CT molecular complexity index is 754. The summed E-state index contributed by atoms with van der Waals surface area (Å²) in [6, 6.07) is 19.0. The van der Waals surface area contributed by atoms with Crippen LogP contribution in [0.15, 0.2) is 60.7 Å². The largest absolute Gasteiger partial charge is 0.444 e. The molecule has 150 valence electrons. The molecule has 0 aromatic heterocycles. The van der Waals surface area contributed by atoms with E-state index >= 15 is 0 Å². The molecule has 5 heteroatoms. The van der Waals surface area contributed by atoms with Gasteiger partial charge >= 0.3 is 6.09 Å². The highest BCUT2D eigenvalue weighted by Gasteiger charge is 2.25. The summed E-state index contributed by atoms with van der Waals surface area (Å²) < 4.78 is 5.34. The molecule has 0 aliphatic heterocycles. The Morgan fingerprint density at radius 3 is 2.04 bits per heavy atom. The lowest BCUT2D eigenvalue weighted by Crippen LogP contribution is -2.47. The summed E-state index contributed by atoms with van der Waals surface area (Å²) in [6.07, 6.45) is -0.148. The van der Waals surface area contributed by atoms with E-state index in [1.165, 1.54) is 0 Å². The predicted molar refractivity (Wildman–Crippen MR) is 111 cm³/mol. The maximum absolute atomic E-state index is 12.9. The summed E-state index contributed by atoms with van der Waals surface area (Å²) in [5.41, 5.74) is 1.51. The topological polar surface area (TPSA) is 58.6 Å². The van der Waals surface area contributed by atoms with Gasteiger partial charge in [0.05, 0.1) is 12.6 Å². The minimum absolute atomic E-state index is 0.0480. The average molecular weight is 383 g/mol. The molecular weight excluding hydrogens is 352 g/mol. The van der Waals surface area contributed by atoms with Crippen molar-refractivity contribution < 1.29 is 14.3 Å². The number of rotatable bonds is 8. The molecule has 0 aliphatic carbocycles. The quantitative estimate of drug-likeness (QED) is 0.754. The van der Waals surface area contributed by atoms with Crippen LogP contribution in [0.25, 0.3) is 0 Å². The first kappa shape index (κ1) is 21.6. The number of alkyl carbamates (subject to hydrolysis) is 1. The molecule has 0 aliphatic rings. The fraction of sp³-hybridized carbons (Fsp3) is 0.391. The molecule has 2 rings (SSSR count). The van der Waals surface area contributed by atoms with Crippen molar-refractivity contribution in [1.82, 2.24) is 10.2 Å². The van der Waals surface area contributed by atoms with Gasteiger partial charge in [-0.3, -0.25) is 9.69 Å². The number of amides is 1. The van der Waals surface area contributed by atoms with Gasteiger partial charge in [0.1, 0.15) is 5.60 Å². The molecule has 1 amide bonds. The number of likely N-dealkylation sites (N-methyl/N-ethyl adjacent to an activating group) is 1. The van der Waals surface area contributed by atoms with Crippen molar-refractivity contribution in [3.8, 4) is 0 Å². The Labute approximate surface area is 167 Å². The van der Waals surface area contributed by atoms with E-state index in [1.807, 2.05) is 72.6 Å². The van der Waals surface area contributed by atoms with Crippen molar-refractivity contribution in [3.63, 3.8) is 0 Å². The summed E-state index contributed by atoms with van der Waals surface area (Å²) in [6.45, 7) is 6.30. The van der Waals surface area contributed by atoms with Crippen LogP contribution in [0, 0.1) is 0 Å². The van der Waals surface area contributed by atoms with Gasteiger partial charge in [0, 0.05) is 6.54 Å². The fourth-order valence-electron chi connectivity index (χ4n) is 2.87. The van der Waals surface area contributed by atoms with Crippen molar-refractivity contribution in [1.29, 1.82) is 0 Å². The van der Waals surface area contributed by atoms with Gasteiger partial charge in [-0.15, -0.1) is 0 Å². The SMILES string of the molecule is CN(CC(=O)[C@H](Cc1ccccc1)NC(=O)OC(C)(C)C)Cc1ccccc1. The van der Waals surface area contributed by atoms with Crippen LogP contribution in [0.1, 0.15) is 31.9 Å². The molecule has 28 heavy (non-hydrogen) atoms. The number of ether oxygens (including phenoxy) is 1. The summed E-state index contributed by atoms with van der Waals surface area (Å²) in [5, 5.41) is 2.75. The first-order valence-corrected chi connectivity index (χ1v) is 9.51. The van der Waals surface area contributed by atoms with Crippen LogP contribution in [0.2, 0.25) is 0 Å². The Morgan fingerprint density at radius 2 is 1.50 bits per heavy atom. The lowest BCUT2D eigenvalue weighted by molar-refractivity contribution is -0.122. The van der Waals surface area contributed by atoms with Crippen LogP contribution in [0.3, 0.4) is 0 Å². The van der Waals surface area contributed by atoms with E-state index in [4.69, 9.17) is 4.74 Å². The van der Waals surface area contributed by atoms with E-state index < -0.39 is 17.7 Å². The molecule has 0 bridgehead atoms. The molecule has 0 fully saturated rings. The summed E-state index contributed by atoms with van der Waals surface area (Å²) in [7, 11) is 1.90. The van der Waals surface area contributed by atoms with Gasteiger partial charge < -0.3 is 10.1 Å². The van der Waals surface area contributed by atoms with Crippen LogP contribution in [-0.4, -0.2) is 42.0 Å². The Morgan fingerprint density at radius 1 is 0.964 bits per heavy atom. The highest BCUT2D eigenvalue weighted by Crippen LogP contribution is 2.10. The molecule has 1 N–H and O–H groups in total. The van der Waals surface area contributed by atoms with E-state index in [-0.39, 0.29) is 12.3 Å². The number of hydrogen-bond acceptors (Lipinski definition) is 4. The average Bonchev–Trinajstić information content (AvgIpc) is 2.61. The zero-order valence-corrected chi connectivity index (χ0v) is 17.1. The third-order valence-electron chi connectivity index (χ3n) is 4.08. The highest BCUT2D eigenvalue weighted by atomic mass is 16.6. The van der Waals surface area contributed by atoms with Crippen molar-refractivity contribution in [3.05, 3.63) is 71.8 Å². The smallest absolute Gasteiger partial charge is 0.408 e. The lowest BCUT2D eigenvalue weighted by atomic mass is 10.0. The molecule has 0 spiro atoms. The Balaban J connectivity index is 2.03. The van der Waals surface area contributed by atoms with Crippen LogP contribution < -0.4 is 5.32 Å². The minimum Gasteiger partial charge on any atom is -0.444 e. The predicted octanol–water partition coefficient (Wildman–Crippen LogP) is 3.82. The maximum Gasteiger partial charge on any atom is 0.408 e. The van der Waals surface area contributed by atoms with Crippen molar-refractivity contribution in [2.24, 2.45) is 0 Å². The van der Waals surface area contributed by atoms with Gasteiger partial charge in [-0.2, -0.15) is 0 Å². The van der Waals surface area contributed by atoms with E-state index in [2.05, 4.69) is 5.32 Å². The molecule has 0 radical (unpaired) electrons. The van der Waals surface area contributed by atoms with Gasteiger partial charge in [-0.05, 0) is 45.4 Å². The molecule has 5 nitrogen and oxygen atoms in total. The van der Waals surface area contributed by atoms with E-state index in [0.29, 0.717) is 13.0 Å². The van der Waals surface area contributed by atoms with Crippen molar-refractivity contribution >= 4 is 11.9 Å². The molecule has 2 aromatic rings. The molecule has 1 atom stereocenters. The van der Waals surface area contributed by atoms with Crippen LogP contribution in [0.4, 0.5) is 4.79 Å². The second-order valence-corrected chi connectivity index (χ2v) is 8.01. The molecule has 0 unspecified atom stereocenters. The zero-order chi connectivity index (χ0) is 20.6. The van der Waals surface area contributed by atoms with Crippen LogP contribution in [0.5, 0.6) is 0 Å². The summed E-state index contributed by atoms with van der Waals surface area (Å²) in [4.78, 5) is 27.1. The van der Waals surface area contributed by atoms with Gasteiger partial charge in [-0.25, -0.2) is 4.79 Å². The molecule has 2 aromatic carbocycles. The maximum atomic E-state index is 12.9. The second-order valence-electron chi connectivity index (χ2n) is 8.01. The highest BCUT2D eigenvalue weighted by molar-refractivity contribution is 5.89. The number of ketones is 1. The van der Waals surface area contributed by atoms with Crippen LogP contribution >= 0.6 is 0 Å².